The molecule has 0 unspecified atom stereocenters. The SMILES string of the molecule is Cc1cccc(C(=O)Nc2cccc(NS(C)(=O)=O)c2)n1. The molecule has 7 heteroatoms. The van der Waals surface area contributed by atoms with Gasteiger partial charge in [0.2, 0.25) is 10.0 Å². The summed E-state index contributed by atoms with van der Waals surface area (Å²) in [6.45, 7) is 1.80. The van der Waals surface area contributed by atoms with Gasteiger partial charge in [-0.3, -0.25) is 9.52 Å². The molecule has 0 radical (unpaired) electrons. The maximum absolute atomic E-state index is 12.1. The number of hydrogen-bond acceptors (Lipinski definition) is 4. The molecule has 0 aliphatic carbocycles. The lowest BCUT2D eigenvalue weighted by molar-refractivity contribution is 0.102. The van der Waals surface area contributed by atoms with E-state index in [1.807, 2.05) is 0 Å². The highest BCUT2D eigenvalue weighted by Crippen LogP contribution is 2.16. The van der Waals surface area contributed by atoms with Crippen molar-refractivity contribution in [2.45, 2.75) is 6.92 Å². The van der Waals surface area contributed by atoms with Gasteiger partial charge in [0.15, 0.2) is 0 Å². The summed E-state index contributed by atoms with van der Waals surface area (Å²) in [6.07, 6.45) is 1.06. The first-order valence-electron chi connectivity index (χ1n) is 6.16. The van der Waals surface area contributed by atoms with Crippen LogP contribution in [0.15, 0.2) is 42.5 Å². The number of anilines is 2. The zero-order valence-corrected chi connectivity index (χ0v) is 12.4. The number of amides is 1. The zero-order chi connectivity index (χ0) is 15.5. The molecule has 0 fully saturated rings. The summed E-state index contributed by atoms with van der Waals surface area (Å²) in [5.74, 6) is -0.352. The van der Waals surface area contributed by atoms with E-state index in [9.17, 15) is 13.2 Å². The van der Waals surface area contributed by atoms with Crippen LogP contribution in [0.4, 0.5) is 11.4 Å². The normalized spacial score (nSPS) is 11.0. The van der Waals surface area contributed by atoms with Gasteiger partial charge >= 0.3 is 0 Å². The molecule has 0 aliphatic heterocycles. The quantitative estimate of drug-likeness (QED) is 0.904. The molecule has 0 atom stereocenters. The number of aryl methyl sites for hydroxylation is 1. The third kappa shape index (κ3) is 4.57. The molecule has 0 aliphatic rings. The minimum absolute atomic E-state index is 0.302. The van der Waals surface area contributed by atoms with E-state index in [0.717, 1.165) is 11.9 Å². The fraction of sp³-hybridized carbons (Fsp3) is 0.143. The van der Waals surface area contributed by atoms with E-state index in [1.54, 1.807) is 43.3 Å². The number of carbonyl (C=O) groups excluding carboxylic acids is 1. The Morgan fingerprint density at radius 2 is 1.76 bits per heavy atom. The zero-order valence-electron chi connectivity index (χ0n) is 11.6. The van der Waals surface area contributed by atoms with Gasteiger partial charge in [0.25, 0.3) is 5.91 Å². The Hall–Kier alpha value is -2.41. The smallest absolute Gasteiger partial charge is 0.274 e. The van der Waals surface area contributed by atoms with Crippen molar-refractivity contribution in [3.8, 4) is 0 Å². The van der Waals surface area contributed by atoms with Gasteiger partial charge in [-0.1, -0.05) is 12.1 Å². The number of pyridine rings is 1. The highest BCUT2D eigenvalue weighted by Gasteiger charge is 2.08. The second-order valence-corrected chi connectivity index (χ2v) is 6.32. The van der Waals surface area contributed by atoms with Gasteiger partial charge in [0.05, 0.1) is 11.9 Å². The number of aromatic nitrogens is 1. The Labute approximate surface area is 123 Å². The van der Waals surface area contributed by atoms with Gasteiger partial charge in [-0.25, -0.2) is 13.4 Å². The Kier molecular flexibility index (Phi) is 4.23. The highest BCUT2D eigenvalue weighted by atomic mass is 32.2. The van der Waals surface area contributed by atoms with Crippen molar-refractivity contribution in [3.63, 3.8) is 0 Å². The summed E-state index contributed by atoms with van der Waals surface area (Å²) in [7, 11) is -3.36. The van der Waals surface area contributed by atoms with Crippen LogP contribution in [0.5, 0.6) is 0 Å². The molecule has 1 heterocycles. The average Bonchev–Trinajstić information content (AvgIpc) is 2.37. The molecule has 6 nitrogen and oxygen atoms in total. The molecule has 0 saturated carbocycles. The number of hydrogen-bond donors (Lipinski definition) is 2. The van der Waals surface area contributed by atoms with Crippen LogP contribution >= 0.6 is 0 Å². The lowest BCUT2D eigenvalue weighted by atomic mass is 10.2. The van der Waals surface area contributed by atoms with Crippen LogP contribution in [0.1, 0.15) is 16.2 Å². The number of sulfonamides is 1. The fourth-order valence-corrected chi connectivity index (χ4v) is 2.29. The summed E-state index contributed by atoms with van der Waals surface area (Å²) >= 11 is 0. The number of carbonyl (C=O) groups is 1. The molecule has 1 aromatic carbocycles. The molecule has 110 valence electrons. The Bertz CT molecular complexity index is 773. The van der Waals surface area contributed by atoms with Crippen molar-refractivity contribution in [1.82, 2.24) is 4.98 Å². The molecule has 0 spiro atoms. The maximum Gasteiger partial charge on any atom is 0.274 e. The largest absolute Gasteiger partial charge is 0.321 e. The van der Waals surface area contributed by atoms with E-state index in [1.165, 1.54) is 6.07 Å². The van der Waals surface area contributed by atoms with Crippen LogP contribution < -0.4 is 10.0 Å². The average molecular weight is 305 g/mol. The van der Waals surface area contributed by atoms with Crippen molar-refractivity contribution < 1.29 is 13.2 Å². The van der Waals surface area contributed by atoms with Gasteiger partial charge in [-0.05, 0) is 37.3 Å². The maximum atomic E-state index is 12.1. The van der Waals surface area contributed by atoms with Crippen LogP contribution in [0.25, 0.3) is 0 Å². The van der Waals surface area contributed by atoms with Crippen molar-refractivity contribution in [2.24, 2.45) is 0 Å². The minimum atomic E-state index is -3.36. The van der Waals surface area contributed by atoms with Crippen LogP contribution in [-0.4, -0.2) is 25.6 Å². The van der Waals surface area contributed by atoms with Gasteiger partial charge < -0.3 is 5.32 Å². The standard InChI is InChI=1S/C14H15N3O3S/c1-10-5-3-8-13(15-10)14(18)16-11-6-4-7-12(9-11)17-21(2,19)20/h3-9,17H,1-2H3,(H,16,18). The van der Waals surface area contributed by atoms with Gasteiger partial charge in [0.1, 0.15) is 5.69 Å². The summed E-state index contributed by atoms with van der Waals surface area (Å²) < 4.78 is 24.7. The molecule has 1 amide bonds. The first kappa shape index (κ1) is 15.0. The van der Waals surface area contributed by atoms with Crippen molar-refractivity contribution in [2.75, 3.05) is 16.3 Å². The molecular weight excluding hydrogens is 290 g/mol. The van der Waals surface area contributed by atoms with Crippen molar-refractivity contribution in [1.29, 1.82) is 0 Å². The third-order valence-electron chi connectivity index (χ3n) is 2.54. The second kappa shape index (κ2) is 5.92. The van der Waals surface area contributed by atoms with E-state index < -0.39 is 10.0 Å². The predicted octanol–water partition coefficient (Wildman–Crippen LogP) is 2.01. The van der Waals surface area contributed by atoms with Gasteiger partial charge in [-0.15, -0.1) is 0 Å². The fourth-order valence-electron chi connectivity index (χ4n) is 1.74. The number of nitrogens with one attached hydrogen (secondary N) is 2. The van der Waals surface area contributed by atoms with E-state index in [-0.39, 0.29) is 5.91 Å². The minimum Gasteiger partial charge on any atom is -0.321 e. The predicted molar refractivity (Wildman–Crippen MR) is 81.8 cm³/mol. The molecule has 21 heavy (non-hydrogen) atoms. The summed E-state index contributed by atoms with van der Waals surface area (Å²) in [5, 5.41) is 2.68. The summed E-state index contributed by atoms with van der Waals surface area (Å²) in [4.78, 5) is 16.2. The van der Waals surface area contributed by atoms with Crippen LogP contribution in [0.2, 0.25) is 0 Å². The van der Waals surface area contributed by atoms with Crippen molar-refractivity contribution in [3.05, 3.63) is 53.9 Å². The Balaban J connectivity index is 2.16. The topological polar surface area (TPSA) is 88.2 Å². The monoisotopic (exact) mass is 305 g/mol. The van der Waals surface area contributed by atoms with E-state index >= 15 is 0 Å². The first-order valence-corrected chi connectivity index (χ1v) is 8.05. The molecule has 2 aromatic rings. The lowest BCUT2D eigenvalue weighted by Crippen LogP contribution is -2.14. The molecule has 2 N–H and O–H groups in total. The Morgan fingerprint density at radius 3 is 2.43 bits per heavy atom. The molecule has 0 bridgehead atoms. The van der Waals surface area contributed by atoms with Crippen molar-refractivity contribution >= 4 is 27.3 Å². The Morgan fingerprint density at radius 1 is 1.10 bits per heavy atom. The third-order valence-corrected chi connectivity index (χ3v) is 3.15. The second-order valence-electron chi connectivity index (χ2n) is 4.57. The first-order chi connectivity index (χ1) is 9.83. The van der Waals surface area contributed by atoms with Crippen LogP contribution in [0.3, 0.4) is 0 Å². The van der Waals surface area contributed by atoms with E-state index in [4.69, 9.17) is 0 Å². The molecule has 0 saturated heterocycles. The molecular formula is C14H15N3O3S. The van der Waals surface area contributed by atoms with E-state index in [2.05, 4.69) is 15.0 Å². The summed E-state index contributed by atoms with van der Waals surface area (Å²) in [5.41, 5.74) is 1.91. The highest BCUT2D eigenvalue weighted by molar-refractivity contribution is 7.92. The number of benzene rings is 1. The lowest BCUT2D eigenvalue weighted by Gasteiger charge is -2.08. The summed E-state index contributed by atoms with van der Waals surface area (Å²) in [6, 6.07) is 11.6. The van der Waals surface area contributed by atoms with Crippen LogP contribution in [0, 0.1) is 6.92 Å². The van der Waals surface area contributed by atoms with Gasteiger partial charge in [-0.2, -0.15) is 0 Å². The van der Waals surface area contributed by atoms with Crippen LogP contribution in [-0.2, 0) is 10.0 Å². The van der Waals surface area contributed by atoms with Gasteiger partial charge in [0, 0.05) is 11.4 Å². The molecule has 1 aromatic heterocycles. The van der Waals surface area contributed by atoms with E-state index in [0.29, 0.717) is 17.1 Å². The number of rotatable bonds is 4. The molecule has 2 rings (SSSR count). The number of nitrogens with zero attached hydrogens (tertiary/aromatic N) is 1.